The van der Waals surface area contributed by atoms with Crippen molar-refractivity contribution in [2.45, 2.75) is 44.6 Å². The van der Waals surface area contributed by atoms with Crippen LogP contribution in [0.1, 0.15) is 52.6 Å². The fourth-order valence-corrected chi connectivity index (χ4v) is 6.14. The van der Waals surface area contributed by atoms with Crippen molar-refractivity contribution in [1.82, 2.24) is 4.57 Å². The fourth-order valence-electron chi connectivity index (χ4n) is 4.44. The molecule has 4 rings (SSSR count). The third-order valence-electron chi connectivity index (χ3n) is 6.16. The lowest BCUT2D eigenvalue weighted by Gasteiger charge is -2.16. The molecule has 1 saturated carbocycles. The maximum absolute atomic E-state index is 12.8. The van der Waals surface area contributed by atoms with Crippen LogP contribution in [-0.4, -0.2) is 42.9 Å². The zero-order valence-corrected chi connectivity index (χ0v) is 17.5. The van der Waals surface area contributed by atoms with Crippen LogP contribution >= 0.6 is 0 Å². The molecule has 1 atom stereocenters. The second kappa shape index (κ2) is 7.13. The van der Waals surface area contributed by atoms with Gasteiger partial charge >= 0.3 is 5.97 Å². The van der Waals surface area contributed by atoms with Crippen LogP contribution in [0.2, 0.25) is 0 Å². The molecule has 0 radical (unpaired) electrons. The van der Waals surface area contributed by atoms with Gasteiger partial charge in [-0.25, -0.2) is 8.42 Å². The van der Waals surface area contributed by atoms with E-state index in [2.05, 4.69) is 0 Å². The van der Waals surface area contributed by atoms with Gasteiger partial charge in [0.1, 0.15) is 0 Å². The molecule has 1 aromatic carbocycles. The van der Waals surface area contributed by atoms with E-state index < -0.39 is 15.3 Å². The molecule has 1 aliphatic heterocycles. The quantitative estimate of drug-likeness (QED) is 0.535. The summed E-state index contributed by atoms with van der Waals surface area (Å²) in [7, 11) is -3.02. The summed E-state index contributed by atoms with van der Waals surface area (Å²) in [6.45, 7) is 3.38. The van der Waals surface area contributed by atoms with Crippen LogP contribution in [0, 0.1) is 13.8 Å². The van der Waals surface area contributed by atoms with Crippen LogP contribution in [0.4, 0.5) is 0 Å². The first-order valence-corrected chi connectivity index (χ1v) is 11.7. The van der Waals surface area contributed by atoms with Gasteiger partial charge in [-0.05, 0) is 44.7 Å². The Morgan fingerprint density at radius 1 is 1.17 bits per heavy atom. The number of esters is 1. The molecule has 1 saturated heterocycles. The number of ether oxygens (including phenoxy) is 1. The first-order chi connectivity index (χ1) is 13.7. The molecular formula is C22H25NO5S. The standard InChI is InChI=1S/C22H25NO5S/c1-15-12-19(16(2)23(15)18-8-11-29(26,27)14-18)20(24)13-28-21(25)22(9-10-22)17-6-4-3-5-7-17/h3-7,12,18H,8-11,13-14H2,1-2H3/t18-/m0/s1. The summed E-state index contributed by atoms with van der Waals surface area (Å²) >= 11 is 0. The van der Waals surface area contributed by atoms with E-state index in [4.69, 9.17) is 4.74 Å². The Labute approximate surface area is 170 Å². The van der Waals surface area contributed by atoms with Crippen LogP contribution in [0.5, 0.6) is 0 Å². The lowest BCUT2D eigenvalue weighted by Crippen LogP contribution is -2.26. The fraction of sp³-hybridized carbons (Fsp3) is 0.455. The predicted molar refractivity (Wildman–Crippen MR) is 109 cm³/mol. The van der Waals surface area contributed by atoms with E-state index in [1.807, 2.05) is 48.7 Å². The van der Waals surface area contributed by atoms with Crippen LogP contribution in [0.25, 0.3) is 0 Å². The Bertz CT molecular complexity index is 1060. The summed E-state index contributed by atoms with van der Waals surface area (Å²) in [6.07, 6.45) is 2.02. The predicted octanol–water partition coefficient (Wildman–Crippen LogP) is 2.92. The van der Waals surface area contributed by atoms with Crippen molar-refractivity contribution in [2.75, 3.05) is 18.1 Å². The number of Topliss-reactive ketones (excluding diaryl/α,β-unsaturated/α-hetero) is 1. The molecule has 2 heterocycles. The molecule has 0 bridgehead atoms. The highest BCUT2D eigenvalue weighted by atomic mass is 32.2. The Morgan fingerprint density at radius 2 is 1.86 bits per heavy atom. The van der Waals surface area contributed by atoms with Gasteiger partial charge in [-0.3, -0.25) is 9.59 Å². The van der Waals surface area contributed by atoms with E-state index in [0.717, 1.165) is 29.8 Å². The van der Waals surface area contributed by atoms with E-state index in [9.17, 15) is 18.0 Å². The molecule has 6 nitrogen and oxygen atoms in total. The molecule has 1 aliphatic carbocycles. The highest BCUT2D eigenvalue weighted by molar-refractivity contribution is 7.91. The zero-order valence-electron chi connectivity index (χ0n) is 16.7. The highest BCUT2D eigenvalue weighted by Crippen LogP contribution is 2.49. The second-order valence-corrected chi connectivity index (χ2v) is 10.4. The van der Waals surface area contributed by atoms with E-state index in [1.165, 1.54) is 0 Å². The number of benzene rings is 1. The third-order valence-corrected chi connectivity index (χ3v) is 7.91. The monoisotopic (exact) mass is 415 g/mol. The SMILES string of the molecule is Cc1cc(C(=O)COC(=O)C2(c3ccccc3)CC2)c(C)n1[C@H]1CCS(=O)(=O)C1. The number of ketones is 1. The van der Waals surface area contributed by atoms with E-state index in [1.54, 1.807) is 6.07 Å². The lowest BCUT2D eigenvalue weighted by molar-refractivity contribution is -0.145. The first kappa shape index (κ1) is 19.9. The summed E-state index contributed by atoms with van der Waals surface area (Å²) < 4.78 is 31.0. The Hall–Kier alpha value is -2.41. The van der Waals surface area contributed by atoms with Gasteiger partial charge in [0.15, 0.2) is 16.4 Å². The molecule has 154 valence electrons. The van der Waals surface area contributed by atoms with Gasteiger partial charge in [-0.1, -0.05) is 30.3 Å². The third kappa shape index (κ3) is 3.64. The molecular weight excluding hydrogens is 390 g/mol. The Kier molecular flexibility index (Phi) is 4.89. The zero-order chi connectivity index (χ0) is 20.8. The molecule has 0 unspecified atom stereocenters. The lowest BCUT2D eigenvalue weighted by atomic mass is 9.96. The molecule has 29 heavy (non-hydrogen) atoms. The summed E-state index contributed by atoms with van der Waals surface area (Å²) in [5, 5.41) is 0. The molecule has 0 amide bonds. The van der Waals surface area contributed by atoms with Gasteiger partial charge in [0.2, 0.25) is 5.78 Å². The molecule has 1 aromatic heterocycles. The highest BCUT2D eigenvalue weighted by Gasteiger charge is 2.52. The van der Waals surface area contributed by atoms with Gasteiger partial charge < -0.3 is 9.30 Å². The second-order valence-electron chi connectivity index (χ2n) is 8.16. The Balaban J connectivity index is 1.46. The van der Waals surface area contributed by atoms with Crippen molar-refractivity contribution < 1.29 is 22.7 Å². The van der Waals surface area contributed by atoms with Crippen molar-refractivity contribution in [1.29, 1.82) is 0 Å². The largest absolute Gasteiger partial charge is 0.457 e. The molecule has 2 fully saturated rings. The summed E-state index contributed by atoms with van der Waals surface area (Å²) in [6, 6.07) is 11.1. The van der Waals surface area contributed by atoms with Crippen molar-refractivity contribution in [3.63, 3.8) is 0 Å². The summed E-state index contributed by atoms with van der Waals surface area (Å²) in [5.74, 6) is -0.335. The van der Waals surface area contributed by atoms with Gasteiger partial charge in [-0.2, -0.15) is 0 Å². The summed E-state index contributed by atoms with van der Waals surface area (Å²) in [4.78, 5) is 25.4. The molecule has 7 heteroatoms. The smallest absolute Gasteiger partial charge is 0.317 e. The minimum atomic E-state index is -3.02. The van der Waals surface area contributed by atoms with Gasteiger partial charge in [0, 0.05) is 23.0 Å². The Morgan fingerprint density at radius 3 is 2.45 bits per heavy atom. The average molecular weight is 416 g/mol. The van der Waals surface area contributed by atoms with Crippen LogP contribution < -0.4 is 0 Å². The van der Waals surface area contributed by atoms with Crippen molar-refractivity contribution >= 4 is 21.6 Å². The van der Waals surface area contributed by atoms with Crippen molar-refractivity contribution in [3.05, 3.63) is 58.9 Å². The molecule has 2 aromatic rings. The number of nitrogens with zero attached hydrogens (tertiary/aromatic N) is 1. The maximum atomic E-state index is 12.8. The van der Waals surface area contributed by atoms with Crippen LogP contribution in [0.3, 0.4) is 0 Å². The van der Waals surface area contributed by atoms with Gasteiger partial charge in [0.05, 0.1) is 16.9 Å². The van der Waals surface area contributed by atoms with Crippen LogP contribution in [0.15, 0.2) is 36.4 Å². The number of sulfone groups is 1. The van der Waals surface area contributed by atoms with E-state index in [-0.39, 0.29) is 35.9 Å². The number of carbonyl (C=O) groups excluding carboxylic acids is 2. The normalized spacial score (nSPS) is 21.7. The number of hydrogen-bond donors (Lipinski definition) is 0. The number of aryl methyl sites for hydroxylation is 1. The molecule has 2 aliphatic rings. The molecule has 0 spiro atoms. The number of hydrogen-bond acceptors (Lipinski definition) is 5. The maximum Gasteiger partial charge on any atom is 0.317 e. The average Bonchev–Trinajstić information content (AvgIpc) is 3.36. The van der Waals surface area contributed by atoms with E-state index in [0.29, 0.717) is 12.0 Å². The number of rotatable bonds is 6. The number of aromatic nitrogens is 1. The minimum absolute atomic E-state index is 0.103. The molecule has 0 N–H and O–H groups in total. The topological polar surface area (TPSA) is 82.4 Å². The minimum Gasteiger partial charge on any atom is -0.457 e. The van der Waals surface area contributed by atoms with Gasteiger partial charge in [0.25, 0.3) is 0 Å². The first-order valence-electron chi connectivity index (χ1n) is 9.88. The van der Waals surface area contributed by atoms with E-state index >= 15 is 0 Å². The summed E-state index contributed by atoms with van der Waals surface area (Å²) in [5.41, 5.74) is 2.38. The van der Waals surface area contributed by atoms with Crippen molar-refractivity contribution in [3.8, 4) is 0 Å². The number of carbonyl (C=O) groups is 2. The van der Waals surface area contributed by atoms with Gasteiger partial charge in [-0.15, -0.1) is 0 Å². The van der Waals surface area contributed by atoms with Crippen LogP contribution in [-0.2, 0) is 24.8 Å². The van der Waals surface area contributed by atoms with Crippen molar-refractivity contribution in [2.24, 2.45) is 0 Å².